The molecule has 144 valence electrons. The van der Waals surface area contributed by atoms with E-state index in [2.05, 4.69) is 38.2 Å². The molecule has 0 aromatic heterocycles. The third-order valence-electron chi connectivity index (χ3n) is 4.79. The fourth-order valence-electron chi connectivity index (χ4n) is 3.35. The molecule has 1 aromatic carbocycles. The molecule has 1 aliphatic rings. The predicted octanol–water partition coefficient (Wildman–Crippen LogP) is 3.65. The van der Waals surface area contributed by atoms with E-state index in [1.165, 1.54) is 11.1 Å². The highest BCUT2D eigenvalue weighted by Crippen LogP contribution is 2.26. The Kier molecular flexibility index (Phi) is 5.99. The topological polar surface area (TPSA) is 58.6 Å². The summed E-state index contributed by atoms with van der Waals surface area (Å²) in [6, 6.07) is 8.26. The number of likely N-dealkylation sites (tertiary alicyclic amines) is 1. The van der Waals surface area contributed by atoms with Crippen LogP contribution in [0.25, 0.3) is 0 Å². The number of carbonyl (C=O) groups excluding carboxylic acids is 2. The van der Waals surface area contributed by atoms with Crippen LogP contribution < -0.4 is 5.32 Å². The normalized spacial score (nSPS) is 17.9. The summed E-state index contributed by atoms with van der Waals surface area (Å²) < 4.78 is 5.39. The quantitative estimate of drug-likeness (QED) is 0.892. The van der Waals surface area contributed by atoms with E-state index in [0.717, 1.165) is 0 Å². The second kappa shape index (κ2) is 7.68. The Morgan fingerprint density at radius 1 is 1.19 bits per heavy atom. The smallest absolute Gasteiger partial charge is 0.410 e. The summed E-state index contributed by atoms with van der Waals surface area (Å²) in [4.78, 5) is 26.3. The molecule has 1 heterocycles. The maximum Gasteiger partial charge on any atom is 0.410 e. The van der Waals surface area contributed by atoms with Gasteiger partial charge in [0.1, 0.15) is 5.60 Å². The minimum absolute atomic E-state index is 0.0118. The summed E-state index contributed by atoms with van der Waals surface area (Å²) in [5, 5.41) is 3.08. The van der Waals surface area contributed by atoms with Crippen LogP contribution in [0.2, 0.25) is 0 Å². The molecule has 2 rings (SSSR count). The summed E-state index contributed by atoms with van der Waals surface area (Å²) in [5.74, 6) is -0.159. The summed E-state index contributed by atoms with van der Waals surface area (Å²) >= 11 is 0. The number of ether oxygens (including phenoxy) is 1. The Balaban J connectivity index is 1.89. The van der Waals surface area contributed by atoms with Gasteiger partial charge in [0.15, 0.2) is 0 Å². The Hall–Kier alpha value is -2.04. The number of carbonyl (C=O) groups is 2. The maximum atomic E-state index is 12.6. The van der Waals surface area contributed by atoms with Gasteiger partial charge in [-0.15, -0.1) is 0 Å². The van der Waals surface area contributed by atoms with Gasteiger partial charge in [0.25, 0.3) is 0 Å². The summed E-state index contributed by atoms with van der Waals surface area (Å²) in [5.41, 5.74) is 1.80. The molecule has 5 heteroatoms. The lowest BCUT2D eigenvalue weighted by Crippen LogP contribution is -2.41. The SMILES string of the molecule is Cc1ccccc1C(C)(C)CNC(=O)C1CCN(C(=O)OC(C)(C)C)C1. The molecule has 26 heavy (non-hydrogen) atoms. The minimum atomic E-state index is -0.519. The van der Waals surface area contributed by atoms with Crippen LogP contribution in [0.3, 0.4) is 0 Å². The second-order valence-corrected chi connectivity index (χ2v) is 8.83. The molecule has 0 aliphatic carbocycles. The zero-order valence-corrected chi connectivity index (χ0v) is 16.9. The number of amides is 2. The third kappa shape index (κ3) is 5.23. The van der Waals surface area contributed by atoms with Gasteiger partial charge in [-0.25, -0.2) is 4.79 Å². The molecule has 1 atom stereocenters. The number of nitrogens with zero attached hydrogens (tertiary/aromatic N) is 1. The number of nitrogens with one attached hydrogen (secondary N) is 1. The van der Waals surface area contributed by atoms with E-state index in [-0.39, 0.29) is 23.3 Å². The van der Waals surface area contributed by atoms with E-state index in [0.29, 0.717) is 26.1 Å². The second-order valence-electron chi connectivity index (χ2n) is 8.83. The van der Waals surface area contributed by atoms with Gasteiger partial charge in [0, 0.05) is 25.0 Å². The molecule has 0 spiro atoms. The van der Waals surface area contributed by atoms with E-state index >= 15 is 0 Å². The first-order valence-corrected chi connectivity index (χ1v) is 9.31. The fourth-order valence-corrected chi connectivity index (χ4v) is 3.35. The number of hydrogen-bond acceptors (Lipinski definition) is 3. The zero-order valence-electron chi connectivity index (χ0n) is 16.9. The Morgan fingerprint density at radius 3 is 2.46 bits per heavy atom. The Morgan fingerprint density at radius 2 is 1.85 bits per heavy atom. The van der Waals surface area contributed by atoms with E-state index in [9.17, 15) is 9.59 Å². The first-order valence-electron chi connectivity index (χ1n) is 9.31. The van der Waals surface area contributed by atoms with Crippen molar-refractivity contribution in [3.05, 3.63) is 35.4 Å². The molecule has 0 radical (unpaired) electrons. The lowest BCUT2D eigenvalue weighted by molar-refractivity contribution is -0.124. The van der Waals surface area contributed by atoms with Crippen LogP contribution in [-0.2, 0) is 14.9 Å². The molecule has 0 saturated carbocycles. The monoisotopic (exact) mass is 360 g/mol. The molecule has 5 nitrogen and oxygen atoms in total. The van der Waals surface area contributed by atoms with Gasteiger partial charge < -0.3 is 15.0 Å². The van der Waals surface area contributed by atoms with Gasteiger partial charge in [0.2, 0.25) is 5.91 Å². The van der Waals surface area contributed by atoms with Crippen LogP contribution in [0, 0.1) is 12.8 Å². The molecule has 1 N–H and O–H groups in total. The lowest BCUT2D eigenvalue weighted by atomic mass is 9.82. The van der Waals surface area contributed by atoms with Crippen molar-refractivity contribution in [1.29, 1.82) is 0 Å². The van der Waals surface area contributed by atoms with Crippen molar-refractivity contribution in [2.75, 3.05) is 19.6 Å². The largest absolute Gasteiger partial charge is 0.444 e. The summed E-state index contributed by atoms with van der Waals surface area (Å²) in [7, 11) is 0. The molecule has 1 fully saturated rings. The van der Waals surface area contributed by atoms with Gasteiger partial charge in [-0.3, -0.25) is 4.79 Å². The van der Waals surface area contributed by atoms with E-state index in [1.807, 2.05) is 32.9 Å². The number of hydrogen-bond donors (Lipinski definition) is 1. The van der Waals surface area contributed by atoms with Crippen molar-refractivity contribution in [2.45, 2.75) is 59.0 Å². The molecule has 1 unspecified atom stereocenters. The minimum Gasteiger partial charge on any atom is -0.444 e. The first-order chi connectivity index (χ1) is 12.0. The van der Waals surface area contributed by atoms with Crippen molar-refractivity contribution < 1.29 is 14.3 Å². The van der Waals surface area contributed by atoms with Crippen molar-refractivity contribution >= 4 is 12.0 Å². The fraction of sp³-hybridized carbons (Fsp3) is 0.619. The average Bonchev–Trinajstić information content (AvgIpc) is 3.01. The third-order valence-corrected chi connectivity index (χ3v) is 4.79. The number of rotatable bonds is 4. The average molecular weight is 360 g/mol. The van der Waals surface area contributed by atoms with Crippen LogP contribution in [0.15, 0.2) is 24.3 Å². The van der Waals surface area contributed by atoms with E-state index in [4.69, 9.17) is 4.74 Å². The van der Waals surface area contributed by atoms with E-state index in [1.54, 1.807) is 4.90 Å². The van der Waals surface area contributed by atoms with Gasteiger partial charge in [-0.2, -0.15) is 0 Å². The molecule has 2 amide bonds. The Labute approximate surface area is 157 Å². The van der Waals surface area contributed by atoms with Crippen LogP contribution >= 0.6 is 0 Å². The highest BCUT2D eigenvalue weighted by atomic mass is 16.6. The van der Waals surface area contributed by atoms with Crippen LogP contribution in [0.1, 0.15) is 52.2 Å². The molecule has 1 aliphatic heterocycles. The molecule has 1 aromatic rings. The predicted molar refractivity (Wildman–Crippen MR) is 103 cm³/mol. The molecule has 1 saturated heterocycles. The van der Waals surface area contributed by atoms with Gasteiger partial charge in [-0.1, -0.05) is 38.1 Å². The maximum absolute atomic E-state index is 12.6. The summed E-state index contributed by atoms with van der Waals surface area (Å²) in [6.07, 6.45) is 0.337. The molecular formula is C21H32N2O3. The van der Waals surface area contributed by atoms with Crippen molar-refractivity contribution in [3.8, 4) is 0 Å². The number of benzene rings is 1. The van der Waals surface area contributed by atoms with E-state index < -0.39 is 5.60 Å². The van der Waals surface area contributed by atoms with Gasteiger partial charge in [-0.05, 0) is 45.2 Å². The van der Waals surface area contributed by atoms with Gasteiger partial charge >= 0.3 is 6.09 Å². The summed E-state index contributed by atoms with van der Waals surface area (Å²) in [6.45, 7) is 13.5. The van der Waals surface area contributed by atoms with Crippen molar-refractivity contribution in [3.63, 3.8) is 0 Å². The van der Waals surface area contributed by atoms with Crippen molar-refractivity contribution in [2.24, 2.45) is 5.92 Å². The van der Waals surface area contributed by atoms with Crippen LogP contribution in [-0.4, -0.2) is 42.1 Å². The van der Waals surface area contributed by atoms with Crippen molar-refractivity contribution in [1.82, 2.24) is 10.2 Å². The van der Waals surface area contributed by atoms with Crippen LogP contribution in [0.5, 0.6) is 0 Å². The Bertz CT molecular complexity index is 661. The molecular weight excluding hydrogens is 328 g/mol. The zero-order chi connectivity index (χ0) is 19.5. The first kappa shape index (κ1) is 20.3. The highest BCUT2D eigenvalue weighted by Gasteiger charge is 2.34. The van der Waals surface area contributed by atoms with Crippen LogP contribution in [0.4, 0.5) is 4.79 Å². The lowest BCUT2D eigenvalue weighted by Gasteiger charge is -2.28. The molecule has 0 bridgehead atoms. The highest BCUT2D eigenvalue weighted by molar-refractivity contribution is 5.80. The number of aryl methyl sites for hydroxylation is 1. The standard InChI is InChI=1S/C21H32N2O3/c1-15-9-7-8-10-17(15)21(5,6)14-22-18(24)16-11-12-23(13-16)19(25)26-20(2,3)4/h7-10,16H,11-14H2,1-6H3,(H,22,24). The van der Waals surface area contributed by atoms with Gasteiger partial charge in [0.05, 0.1) is 5.92 Å².